The molecule has 19 heavy (non-hydrogen) atoms. The average Bonchev–Trinajstić information content (AvgIpc) is 2.47. The molecule has 3 aromatic carbocycles. The summed E-state index contributed by atoms with van der Waals surface area (Å²) in [5.41, 5.74) is 3.01. The second-order valence-corrected chi connectivity index (χ2v) is 4.66. The fourth-order valence-corrected chi connectivity index (χ4v) is 2.38. The normalized spacial score (nSPS) is 10.6. The molecule has 0 radical (unpaired) electrons. The first-order valence-electron chi connectivity index (χ1n) is 6.35. The highest BCUT2D eigenvalue weighted by Gasteiger charge is 2.05. The summed E-state index contributed by atoms with van der Waals surface area (Å²) < 4.78 is 0. The van der Waals surface area contributed by atoms with Gasteiger partial charge in [0.2, 0.25) is 0 Å². The van der Waals surface area contributed by atoms with Crippen LogP contribution in [0.1, 0.15) is 17.3 Å². The Balaban J connectivity index is 2.24. The summed E-state index contributed by atoms with van der Waals surface area (Å²) in [4.78, 5) is 11.5. The second kappa shape index (κ2) is 4.69. The first-order valence-corrected chi connectivity index (χ1v) is 6.35. The van der Waals surface area contributed by atoms with Crippen molar-refractivity contribution in [2.75, 3.05) is 0 Å². The van der Waals surface area contributed by atoms with E-state index >= 15 is 0 Å². The molecule has 1 heteroatoms. The van der Waals surface area contributed by atoms with Gasteiger partial charge in [-0.15, -0.1) is 0 Å². The molecule has 0 bridgehead atoms. The maximum Gasteiger partial charge on any atom is 0.159 e. The lowest BCUT2D eigenvalue weighted by atomic mass is 9.96. The first kappa shape index (κ1) is 11.7. The van der Waals surface area contributed by atoms with Crippen LogP contribution in [-0.2, 0) is 0 Å². The molecule has 0 atom stereocenters. The molecule has 0 unspecified atom stereocenters. The minimum absolute atomic E-state index is 0.0992. The molecule has 0 saturated heterocycles. The van der Waals surface area contributed by atoms with Gasteiger partial charge in [-0.05, 0) is 34.9 Å². The van der Waals surface area contributed by atoms with Crippen LogP contribution < -0.4 is 0 Å². The third-order valence-electron chi connectivity index (χ3n) is 3.37. The quantitative estimate of drug-likeness (QED) is 0.598. The second-order valence-electron chi connectivity index (χ2n) is 4.66. The zero-order valence-electron chi connectivity index (χ0n) is 10.8. The Morgan fingerprint density at radius 2 is 1.58 bits per heavy atom. The number of hydrogen-bond acceptors (Lipinski definition) is 1. The first-order chi connectivity index (χ1) is 9.25. The van der Waals surface area contributed by atoms with E-state index in [-0.39, 0.29) is 5.78 Å². The van der Waals surface area contributed by atoms with Crippen LogP contribution >= 0.6 is 0 Å². The van der Waals surface area contributed by atoms with Gasteiger partial charge in [0.05, 0.1) is 0 Å². The fraction of sp³-hybridized carbons (Fsp3) is 0.0556. The molecule has 0 aliphatic heterocycles. The third kappa shape index (κ3) is 2.15. The smallest absolute Gasteiger partial charge is 0.159 e. The molecule has 0 aliphatic carbocycles. The maximum absolute atomic E-state index is 11.5. The molecule has 0 fully saturated rings. The van der Waals surface area contributed by atoms with E-state index in [1.54, 1.807) is 6.92 Å². The van der Waals surface area contributed by atoms with Gasteiger partial charge in [0.25, 0.3) is 0 Å². The Hall–Kier alpha value is -2.41. The van der Waals surface area contributed by atoms with Crippen molar-refractivity contribution in [1.82, 2.24) is 0 Å². The number of carbonyl (C=O) groups excluding carboxylic acids is 1. The number of ketones is 1. The van der Waals surface area contributed by atoms with Gasteiger partial charge >= 0.3 is 0 Å². The largest absolute Gasteiger partial charge is 0.295 e. The van der Waals surface area contributed by atoms with E-state index in [1.807, 2.05) is 36.4 Å². The van der Waals surface area contributed by atoms with Crippen molar-refractivity contribution in [3.8, 4) is 11.1 Å². The van der Waals surface area contributed by atoms with Crippen LogP contribution in [0.15, 0.2) is 66.7 Å². The van der Waals surface area contributed by atoms with Gasteiger partial charge in [0, 0.05) is 5.56 Å². The lowest BCUT2D eigenvalue weighted by Crippen LogP contribution is -1.92. The Bertz CT molecular complexity index is 751. The number of rotatable bonds is 2. The molecule has 0 aliphatic rings. The van der Waals surface area contributed by atoms with Gasteiger partial charge in [-0.1, -0.05) is 60.7 Å². The lowest BCUT2D eigenvalue weighted by Gasteiger charge is -2.07. The number of benzene rings is 3. The van der Waals surface area contributed by atoms with Crippen molar-refractivity contribution >= 4 is 16.6 Å². The van der Waals surface area contributed by atoms with E-state index in [2.05, 4.69) is 30.3 Å². The van der Waals surface area contributed by atoms with Crippen molar-refractivity contribution in [2.45, 2.75) is 6.92 Å². The highest BCUT2D eigenvalue weighted by molar-refractivity contribution is 5.99. The number of carbonyl (C=O) groups is 1. The monoisotopic (exact) mass is 246 g/mol. The van der Waals surface area contributed by atoms with Crippen LogP contribution in [0.2, 0.25) is 0 Å². The molecule has 3 aromatic rings. The van der Waals surface area contributed by atoms with E-state index in [0.717, 1.165) is 11.1 Å². The Morgan fingerprint density at radius 1 is 0.842 bits per heavy atom. The Labute approximate surface area is 112 Å². The molecule has 0 amide bonds. The molecular weight excluding hydrogens is 232 g/mol. The topological polar surface area (TPSA) is 17.1 Å². The van der Waals surface area contributed by atoms with Crippen LogP contribution in [0.3, 0.4) is 0 Å². The molecule has 0 heterocycles. The summed E-state index contributed by atoms with van der Waals surface area (Å²) in [7, 11) is 0. The van der Waals surface area contributed by atoms with E-state index in [1.165, 1.54) is 16.3 Å². The van der Waals surface area contributed by atoms with Gasteiger partial charge in [-0.2, -0.15) is 0 Å². The highest BCUT2D eigenvalue weighted by atomic mass is 16.1. The van der Waals surface area contributed by atoms with Gasteiger partial charge < -0.3 is 0 Å². The predicted molar refractivity (Wildman–Crippen MR) is 79.4 cm³/mol. The molecule has 0 saturated carbocycles. The summed E-state index contributed by atoms with van der Waals surface area (Å²) in [5.74, 6) is 0.0992. The van der Waals surface area contributed by atoms with Gasteiger partial charge in [0.1, 0.15) is 0 Å². The van der Waals surface area contributed by atoms with E-state index < -0.39 is 0 Å². The summed E-state index contributed by atoms with van der Waals surface area (Å²) >= 11 is 0. The van der Waals surface area contributed by atoms with Crippen molar-refractivity contribution in [2.24, 2.45) is 0 Å². The summed E-state index contributed by atoms with van der Waals surface area (Å²) in [5, 5.41) is 2.43. The van der Waals surface area contributed by atoms with Crippen LogP contribution in [0, 0.1) is 0 Å². The van der Waals surface area contributed by atoms with Crippen LogP contribution in [-0.4, -0.2) is 5.78 Å². The summed E-state index contributed by atoms with van der Waals surface area (Å²) in [6.45, 7) is 1.60. The predicted octanol–water partition coefficient (Wildman–Crippen LogP) is 4.71. The van der Waals surface area contributed by atoms with E-state index in [4.69, 9.17) is 0 Å². The van der Waals surface area contributed by atoms with Gasteiger partial charge in [-0.3, -0.25) is 4.79 Å². The minimum atomic E-state index is 0.0992. The molecule has 3 rings (SSSR count). The average molecular weight is 246 g/mol. The Morgan fingerprint density at radius 3 is 2.42 bits per heavy atom. The molecule has 0 aromatic heterocycles. The Kier molecular flexibility index (Phi) is 2.88. The SMILES string of the molecule is CC(=O)c1cccc(-c2cccc3ccccc23)c1. The van der Waals surface area contributed by atoms with Crippen molar-refractivity contribution in [3.05, 3.63) is 72.3 Å². The van der Waals surface area contributed by atoms with Crippen LogP contribution in [0.4, 0.5) is 0 Å². The highest BCUT2D eigenvalue weighted by Crippen LogP contribution is 2.29. The van der Waals surface area contributed by atoms with E-state index in [0.29, 0.717) is 0 Å². The van der Waals surface area contributed by atoms with Crippen molar-refractivity contribution < 1.29 is 4.79 Å². The summed E-state index contributed by atoms with van der Waals surface area (Å²) in [6, 6.07) is 22.4. The standard InChI is InChI=1S/C18H14O/c1-13(19)15-8-4-9-16(12-15)18-11-5-7-14-6-2-3-10-17(14)18/h2-12H,1H3. The van der Waals surface area contributed by atoms with Gasteiger partial charge in [-0.25, -0.2) is 0 Å². The molecule has 92 valence electrons. The number of hydrogen-bond donors (Lipinski definition) is 0. The van der Waals surface area contributed by atoms with Crippen LogP contribution in [0.5, 0.6) is 0 Å². The molecule has 1 nitrogen and oxygen atoms in total. The molecular formula is C18H14O. The lowest BCUT2D eigenvalue weighted by molar-refractivity contribution is 0.101. The summed E-state index contributed by atoms with van der Waals surface area (Å²) in [6.07, 6.45) is 0. The van der Waals surface area contributed by atoms with E-state index in [9.17, 15) is 4.79 Å². The number of fused-ring (bicyclic) bond motifs is 1. The third-order valence-corrected chi connectivity index (χ3v) is 3.37. The van der Waals surface area contributed by atoms with Crippen molar-refractivity contribution in [3.63, 3.8) is 0 Å². The minimum Gasteiger partial charge on any atom is -0.295 e. The fourth-order valence-electron chi connectivity index (χ4n) is 2.38. The number of Topliss-reactive ketones (excluding diaryl/α,β-unsaturated/α-hetero) is 1. The molecule has 0 N–H and O–H groups in total. The van der Waals surface area contributed by atoms with Crippen molar-refractivity contribution in [1.29, 1.82) is 0 Å². The maximum atomic E-state index is 11.5. The van der Waals surface area contributed by atoms with Gasteiger partial charge in [0.15, 0.2) is 5.78 Å². The molecule has 0 spiro atoms. The van der Waals surface area contributed by atoms with Crippen LogP contribution in [0.25, 0.3) is 21.9 Å². The zero-order valence-corrected chi connectivity index (χ0v) is 10.8. The zero-order chi connectivity index (χ0) is 13.2.